The van der Waals surface area contributed by atoms with Gasteiger partial charge in [0.2, 0.25) is 0 Å². The summed E-state index contributed by atoms with van der Waals surface area (Å²) in [7, 11) is 0. The lowest BCUT2D eigenvalue weighted by molar-refractivity contribution is 0.0272. The molecule has 29 heavy (non-hydrogen) atoms. The molecule has 1 fully saturated rings. The van der Waals surface area contributed by atoms with Crippen molar-refractivity contribution in [3.05, 3.63) is 59.5 Å². The number of rotatable bonds is 4. The van der Waals surface area contributed by atoms with Crippen LogP contribution in [0.3, 0.4) is 0 Å². The summed E-state index contributed by atoms with van der Waals surface area (Å²) in [6.07, 6.45) is 4.02. The zero-order valence-corrected chi connectivity index (χ0v) is 17.4. The summed E-state index contributed by atoms with van der Waals surface area (Å²) in [6, 6.07) is 10.5. The molecule has 1 atom stereocenters. The molecule has 1 aliphatic heterocycles. The van der Waals surface area contributed by atoms with Gasteiger partial charge in [-0.2, -0.15) is 5.10 Å². The van der Waals surface area contributed by atoms with E-state index in [1.165, 1.54) is 11.1 Å². The number of morpholine rings is 1. The largest absolute Gasteiger partial charge is 0.373 e. The van der Waals surface area contributed by atoms with Gasteiger partial charge in [0, 0.05) is 30.2 Å². The minimum atomic E-state index is 0.0761. The highest BCUT2D eigenvalue weighted by Crippen LogP contribution is 2.38. The number of nitrogens with zero attached hydrogens (tertiary/aromatic N) is 5. The van der Waals surface area contributed by atoms with E-state index < -0.39 is 0 Å². The van der Waals surface area contributed by atoms with Crippen molar-refractivity contribution in [2.45, 2.75) is 26.5 Å². The Hall–Kier alpha value is -2.77. The molecule has 148 valence electrons. The summed E-state index contributed by atoms with van der Waals surface area (Å²) in [5, 5.41) is 7.75. The minimum absolute atomic E-state index is 0.0761. The Bertz CT molecular complexity index is 1140. The molecule has 0 radical (unpaired) electrons. The maximum absolute atomic E-state index is 6.04. The molecule has 0 spiro atoms. The van der Waals surface area contributed by atoms with E-state index >= 15 is 0 Å². The van der Waals surface area contributed by atoms with Crippen molar-refractivity contribution in [2.24, 2.45) is 0 Å². The Morgan fingerprint density at radius 1 is 1.17 bits per heavy atom. The highest BCUT2D eigenvalue weighted by molar-refractivity contribution is 7.17. The highest BCUT2D eigenvalue weighted by atomic mass is 32.1. The van der Waals surface area contributed by atoms with Gasteiger partial charge in [-0.05, 0) is 25.0 Å². The molecule has 0 amide bonds. The second-order valence-corrected chi connectivity index (χ2v) is 8.33. The molecule has 0 aliphatic carbocycles. The normalized spacial score (nSPS) is 17.2. The molecule has 6 nitrogen and oxygen atoms in total. The van der Waals surface area contributed by atoms with Crippen LogP contribution in [0.15, 0.2) is 48.1 Å². The number of ether oxygens (including phenoxy) is 1. The smallest absolute Gasteiger partial charge is 0.141 e. The molecule has 0 bridgehead atoms. The summed E-state index contributed by atoms with van der Waals surface area (Å²) in [6.45, 7) is 7.06. The predicted molar refractivity (Wildman–Crippen MR) is 117 cm³/mol. The molecular weight excluding hydrogens is 382 g/mol. The van der Waals surface area contributed by atoms with Crippen molar-refractivity contribution in [1.29, 1.82) is 0 Å². The molecule has 1 aliphatic rings. The van der Waals surface area contributed by atoms with Crippen molar-refractivity contribution in [1.82, 2.24) is 19.7 Å². The fraction of sp³-hybridized carbons (Fsp3) is 0.318. The number of hydrogen-bond donors (Lipinski definition) is 0. The first-order valence-corrected chi connectivity index (χ1v) is 10.7. The fourth-order valence-electron chi connectivity index (χ4n) is 3.88. The number of fused-ring (bicyclic) bond motifs is 1. The van der Waals surface area contributed by atoms with E-state index in [4.69, 9.17) is 14.7 Å². The topological polar surface area (TPSA) is 56.1 Å². The molecule has 0 N–H and O–H groups in total. The SMILES string of the molecule is Cc1cnn(CC2CN(c3nc(C)nc4scc(-c5ccccc5)c34)CCO2)c1. The maximum Gasteiger partial charge on any atom is 0.141 e. The predicted octanol–water partition coefficient (Wildman–Crippen LogP) is 4.08. The average molecular weight is 406 g/mol. The number of thiophene rings is 1. The number of hydrogen-bond acceptors (Lipinski definition) is 6. The summed E-state index contributed by atoms with van der Waals surface area (Å²) in [4.78, 5) is 13.0. The summed E-state index contributed by atoms with van der Waals surface area (Å²) < 4.78 is 8.00. The third kappa shape index (κ3) is 3.63. The van der Waals surface area contributed by atoms with E-state index in [1.807, 2.05) is 23.9 Å². The second kappa shape index (κ2) is 7.57. The molecule has 4 aromatic rings. The monoisotopic (exact) mass is 405 g/mol. The quantitative estimate of drug-likeness (QED) is 0.512. The van der Waals surface area contributed by atoms with E-state index in [-0.39, 0.29) is 6.10 Å². The van der Waals surface area contributed by atoms with E-state index in [1.54, 1.807) is 11.3 Å². The number of aryl methyl sites for hydroxylation is 2. The number of anilines is 1. The molecule has 7 heteroatoms. The van der Waals surface area contributed by atoms with Crippen LogP contribution in [0.1, 0.15) is 11.4 Å². The van der Waals surface area contributed by atoms with Crippen molar-refractivity contribution < 1.29 is 4.74 Å². The number of benzene rings is 1. The van der Waals surface area contributed by atoms with E-state index in [0.717, 1.165) is 47.1 Å². The van der Waals surface area contributed by atoms with Gasteiger partial charge < -0.3 is 9.64 Å². The van der Waals surface area contributed by atoms with Crippen molar-refractivity contribution in [2.75, 3.05) is 24.6 Å². The van der Waals surface area contributed by atoms with Gasteiger partial charge in [0.15, 0.2) is 0 Å². The van der Waals surface area contributed by atoms with Gasteiger partial charge >= 0.3 is 0 Å². The zero-order chi connectivity index (χ0) is 19.8. The van der Waals surface area contributed by atoms with Gasteiger partial charge in [0.05, 0.1) is 30.8 Å². The number of aromatic nitrogens is 4. The van der Waals surface area contributed by atoms with Gasteiger partial charge in [-0.1, -0.05) is 30.3 Å². The van der Waals surface area contributed by atoms with Gasteiger partial charge in [-0.25, -0.2) is 9.97 Å². The molecule has 5 rings (SSSR count). The van der Waals surface area contributed by atoms with Crippen LogP contribution in [-0.4, -0.2) is 45.5 Å². The van der Waals surface area contributed by atoms with Gasteiger partial charge in [-0.3, -0.25) is 4.68 Å². The van der Waals surface area contributed by atoms with Gasteiger partial charge in [0.1, 0.15) is 16.5 Å². The molecule has 1 aromatic carbocycles. The zero-order valence-electron chi connectivity index (χ0n) is 16.6. The van der Waals surface area contributed by atoms with Crippen molar-refractivity contribution >= 4 is 27.4 Å². The third-order valence-electron chi connectivity index (χ3n) is 5.20. The van der Waals surface area contributed by atoms with E-state index in [0.29, 0.717) is 6.61 Å². The lowest BCUT2D eigenvalue weighted by atomic mass is 10.1. The van der Waals surface area contributed by atoms with Crippen molar-refractivity contribution in [3.8, 4) is 11.1 Å². The standard InChI is InChI=1S/C22H23N5OS/c1-15-10-23-27(11-15)13-18-12-26(8-9-28-18)21-20-19(17-6-4-3-5-7-17)14-29-22(20)25-16(2)24-21/h3-7,10-11,14,18H,8-9,12-13H2,1-2H3. The first kappa shape index (κ1) is 18.3. The van der Waals surface area contributed by atoms with E-state index in [2.05, 4.69) is 52.8 Å². The molecule has 1 saturated heterocycles. The molecule has 0 saturated carbocycles. The average Bonchev–Trinajstić information content (AvgIpc) is 3.34. The molecule has 3 aromatic heterocycles. The maximum atomic E-state index is 6.04. The molecule has 1 unspecified atom stereocenters. The van der Waals surface area contributed by atoms with Gasteiger partial charge in [0.25, 0.3) is 0 Å². The Labute approximate surface area is 173 Å². The Morgan fingerprint density at radius 2 is 2.03 bits per heavy atom. The molecular formula is C22H23N5OS. The Morgan fingerprint density at radius 3 is 2.83 bits per heavy atom. The van der Waals surface area contributed by atoms with Crippen LogP contribution in [0.25, 0.3) is 21.3 Å². The Balaban J connectivity index is 1.51. The lowest BCUT2D eigenvalue weighted by Gasteiger charge is -2.34. The van der Waals surface area contributed by atoms with Crippen LogP contribution in [0, 0.1) is 13.8 Å². The first-order valence-electron chi connectivity index (χ1n) is 9.84. The van der Waals surface area contributed by atoms with Gasteiger partial charge in [-0.15, -0.1) is 11.3 Å². The van der Waals surface area contributed by atoms with Crippen LogP contribution >= 0.6 is 11.3 Å². The molecule has 4 heterocycles. The van der Waals surface area contributed by atoms with Crippen molar-refractivity contribution in [3.63, 3.8) is 0 Å². The first-order chi connectivity index (χ1) is 14.2. The summed E-state index contributed by atoms with van der Waals surface area (Å²) >= 11 is 1.68. The fourth-order valence-corrected chi connectivity index (χ4v) is 4.87. The van der Waals surface area contributed by atoms with Crippen LogP contribution in [-0.2, 0) is 11.3 Å². The van der Waals surface area contributed by atoms with Crippen LogP contribution in [0.4, 0.5) is 5.82 Å². The van der Waals surface area contributed by atoms with Crippen LogP contribution in [0.2, 0.25) is 0 Å². The van der Waals surface area contributed by atoms with Crippen LogP contribution < -0.4 is 4.90 Å². The third-order valence-corrected chi connectivity index (χ3v) is 6.07. The van der Waals surface area contributed by atoms with Crippen LogP contribution in [0.5, 0.6) is 0 Å². The minimum Gasteiger partial charge on any atom is -0.373 e. The lowest BCUT2D eigenvalue weighted by Crippen LogP contribution is -2.44. The highest BCUT2D eigenvalue weighted by Gasteiger charge is 2.26. The second-order valence-electron chi connectivity index (χ2n) is 7.47. The summed E-state index contributed by atoms with van der Waals surface area (Å²) in [5.41, 5.74) is 3.56. The Kier molecular flexibility index (Phi) is 4.77. The summed E-state index contributed by atoms with van der Waals surface area (Å²) in [5.74, 6) is 1.82. The van der Waals surface area contributed by atoms with E-state index in [9.17, 15) is 0 Å².